The second-order valence-corrected chi connectivity index (χ2v) is 3.64. The Balaban J connectivity index is 2.20. The van der Waals surface area contributed by atoms with Crippen molar-refractivity contribution in [2.75, 3.05) is 26.2 Å². The lowest BCUT2D eigenvalue weighted by Crippen LogP contribution is -2.38. The molecule has 2 N–H and O–H groups in total. The number of aliphatic hydroxyl groups excluding tert-OH is 2. The van der Waals surface area contributed by atoms with Gasteiger partial charge >= 0.3 is 0 Å². The molecule has 0 aromatic carbocycles. The van der Waals surface area contributed by atoms with Gasteiger partial charge in [-0.05, 0) is 38.8 Å². The van der Waals surface area contributed by atoms with Crippen molar-refractivity contribution in [2.24, 2.45) is 5.92 Å². The summed E-state index contributed by atoms with van der Waals surface area (Å²) in [5.74, 6) is 0.472. The molecule has 1 saturated heterocycles. The lowest BCUT2D eigenvalue weighted by Gasteiger charge is -2.32. The average molecular weight is 173 g/mol. The van der Waals surface area contributed by atoms with Gasteiger partial charge in [-0.25, -0.2) is 0 Å². The summed E-state index contributed by atoms with van der Waals surface area (Å²) >= 11 is 0. The van der Waals surface area contributed by atoms with Crippen molar-refractivity contribution in [3.63, 3.8) is 0 Å². The third kappa shape index (κ3) is 2.73. The third-order valence-electron chi connectivity index (χ3n) is 2.73. The summed E-state index contributed by atoms with van der Waals surface area (Å²) in [7, 11) is 0. The number of nitrogens with zero attached hydrogens (tertiary/aromatic N) is 1. The summed E-state index contributed by atoms with van der Waals surface area (Å²) < 4.78 is 0. The zero-order chi connectivity index (χ0) is 8.97. The Labute approximate surface area is 74.0 Å². The molecule has 0 aromatic rings. The van der Waals surface area contributed by atoms with Gasteiger partial charge in [-0.2, -0.15) is 0 Å². The number of aliphatic hydroxyl groups is 2. The maximum absolute atomic E-state index is 9.33. The molecule has 0 aliphatic carbocycles. The average Bonchev–Trinajstić information content (AvgIpc) is 2.06. The first-order valence-electron chi connectivity index (χ1n) is 4.75. The molecule has 1 heterocycles. The number of likely N-dealkylation sites (tertiary alicyclic amines) is 1. The van der Waals surface area contributed by atoms with Gasteiger partial charge in [0.25, 0.3) is 0 Å². The van der Waals surface area contributed by atoms with E-state index in [2.05, 4.69) is 4.90 Å². The number of hydrogen-bond acceptors (Lipinski definition) is 3. The van der Waals surface area contributed by atoms with Crippen molar-refractivity contribution < 1.29 is 10.2 Å². The SMILES string of the molecule is C[C@@H](O)C1CCN(CCO)CC1. The first-order chi connectivity index (χ1) is 5.74. The molecular weight excluding hydrogens is 154 g/mol. The van der Waals surface area contributed by atoms with Crippen molar-refractivity contribution in [3.8, 4) is 0 Å². The van der Waals surface area contributed by atoms with Crippen molar-refractivity contribution in [3.05, 3.63) is 0 Å². The second kappa shape index (κ2) is 4.80. The van der Waals surface area contributed by atoms with E-state index < -0.39 is 0 Å². The molecule has 1 rings (SSSR count). The first-order valence-corrected chi connectivity index (χ1v) is 4.75. The molecule has 72 valence electrons. The Bertz CT molecular complexity index is 120. The van der Waals surface area contributed by atoms with Crippen LogP contribution in [0.25, 0.3) is 0 Å². The molecule has 1 aliphatic heterocycles. The number of piperidine rings is 1. The molecule has 3 nitrogen and oxygen atoms in total. The van der Waals surface area contributed by atoms with Crippen LogP contribution in [-0.2, 0) is 0 Å². The monoisotopic (exact) mass is 173 g/mol. The van der Waals surface area contributed by atoms with Crippen LogP contribution >= 0.6 is 0 Å². The quantitative estimate of drug-likeness (QED) is 0.635. The molecule has 0 bridgehead atoms. The van der Waals surface area contributed by atoms with Crippen molar-refractivity contribution in [1.82, 2.24) is 4.90 Å². The van der Waals surface area contributed by atoms with Gasteiger partial charge in [-0.15, -0.1) is 0 Å². The normalized spacial score (nSPS) is 24.2. The van der Waals surface area contributed by atoms with Gasteiger partial charge < -0.3 is 15.1 Å². The Morgan fingerprint density at radius 1 is 1.42 bits per heavy atom. The van der Waals surface area contributed by atoms with Crippen molar-refractivity contribution in [1.29, 1.82) is 0 Å². The van der Waals surface area contributed by atoms with Gasteiger partial charge in [0.1, 0.15) is 0 Å². The van der Waals surface area contributed by atoms with E-state index in [1.165, 1.54) is 0 Å². The van der Waals surface area contributed by atoms with Gasteiger partial charge in [-0.1, -0.05) is 0 Å². The fourth-order valence-corrected chi connectivity index (χ4v) is 1.80. The lowest BCUT2D eigenvalue weighted by molar-refractivity contribution is 0.0658. The van der Waals surface area contributed by atoms with E-state index in [9.17, 15) is 5.11 Å². The van der Waals surface area contributed by atoms with Crippen LogP contribution < -0.4 is 0 Å². The molecule has 1 fully saturated rings. The summed E-state index contributed by atoms with van der Waals surface area (Å²) in [5, 5.41) is 18.0. The van der Waals surface area contributed by atoms with Crippen LogP contribution in [0.3, 0.4) is 0 Å². The Morgan fingerprint density at radius 2 is 2.00 bits per heavy atom. The van der Waals surface area contributed by atoms with E-state index >= 15 is 0 Å². The van der Waals surface area contributed by atoms with Crippen LogP contribution in [0.1, 0.15) is 19.8 Å². The summed E-state index contributed by atoms with van der Waals surface area (Å²) in [4.78, 5) is 2.25. The maximum Gasteiger partial charge on any atom is 0.0558 e. The van der Waals surface area contributed by atoms with Crippen LogP contribution in [0, 0.1) is 5.92 Å². The highest BCUT2D eigenvalue weighted by atomic mass is 16.3. The maximum atomic E-state index is 9.33. The molecule has 0 aromatic heterocycles. The molecule has 0 saturated carbocycles. The van der Waals surface area contributed by atoms with Crippen LogP contribution in [0.4, 0.5) is 0 Å². The summed E-state index contributed by atoms with van der Waals surface area (Å²) in [6, 6.07) is 0. The fraction of sp³-hybridized carbons (Fsp3) is 1.00. The molecule has 1 aliphatic rings. The van der Waals surface area contributed by atoms with E-state index in [-0.39, 0.29) is 12.7 Å². The number of hydrogen-bond donors (Lipinski definition) is 2. The molecule has 0 amide bonds. The molecule has 0 unspecified atom stereocenters. The Kier molecular flexibility index (Phi) is 3.98. The van der Waals surface area contributed by atoms with E-state index in [0.29, 0.717) is 5.92 Å². The number of rotatable bonds is 3. The Morgan fingerprint density at radius 3 is 2.42 bits per heavy atom. The summed E-state index contributed by atoms with van der Waals surface area (Å²) in [5.41, 5.74) is 0. The predicted molar refractivity (Wildman–Crippen MR) is 47.9 cm³/mol. The van der Waals surface area contributed by atoms with E-state index in [0.717, 1.165) is 32.5 Å². The highest BCUT2D eigenvalue weighted by Gasteiger charge is 2.21. The summed E-state index contributed by atoms with van der Waals surface area (Å²) in [6.45, 7) is 4.95. The predicted octanol–water partition coefficient (Wildman–Crippen LogP) is 0.0715. The van der Waals surface area contributed by atoms with E-state index in [1.54, 1.807) is 0 Å². The zero-order valence-electron chi connectivity index (χ0n) is 7.74. The van der Waals surface area contributed by atoms with Crippen LogP contribution in [0.2, 0.25) is 0 Å². The van der Waals surface area contributed by atoms with Crippen LogP contribution in [0.5, 0.6) is 0 Å². The largest absolute Gasteiger partial charge is 0.395 e. The highest BCUT2D eigenvalue weighted by molar-refractivity contribution is 4.74. The smallest absolute Gasteiger partial charge is 0.0558 e. The minimum Gasteiger partial charge on any atom is -0.395 e. The molecule has 0 spiro atoms. The van der Waals surface area contributed by atoms with Gasteiger partial charge in [0.05, 0.1) is 12.7 Å². The van der Waals surface area contributed by atoms with E-state index in [4.69, 9.17) is 5.11 Å². The molecule has 0 radical (unpaired) electrons. The molecule has 1 atom stereocenters. The van der Waals surface area contributed by atoms with Crippen molar-refractivity contribution >= 4 is 0 Å². The molecule has 3 heteroatoms. The standard InChI is InChI=1S/C9H19NO2/c1-8(12)9-2-4-10(5-3-9)6-7-11/h8-9,11-12H,2-7H2,1H3/t8-/m1/s1. The van der Waals surface area contributed by atoms with Crippen LogP contribution in [-0.4, -0.2) is 47.5 Å². The van der Waals surface area contributed by atoms with Gasteiger partial charge in [-0.3, -0.25) is 0 Å². The van der Waals surface area contributed by atoms with Gasteiger partial charge in [0.15, 0.2) is 0 Å². The summed E-state index contributed by atoms with van der Waals surface area (Å²) in [6.07, 6.45) is 1.97. The zero-order valence-corrected chi connectivity index (χ0v) is 7.74. The second-order valence-electron chi connectivity index (χ2n) is 3.64. The lowest BCUT2D eigenvalue weighted by atomic mass is 9.92. The number of β-amino-alcohol motifs (C(OH)–C–C–N with tert-alkyl or cyclic N) is 1. The van der Waals surface area contributed by atoms with Gasteiger partial charge in [0, 0.05) is 6.54 Å². The highest BCUT2D eigenvalue weighted by Crippen LogP contribution is 2.19. The molecular formula is C9H19NO2. The fourth-order valence-electron chi connectivity index (χ4n) is 1.80. The third-order valence-corrected chi connectivity index (χ3v) is 2.73. The Hall–Kier alpha value is -0.120. The van der Waals surface area contributed by atoms with Crippen molar-refractivity contribution in [2.45, 2.75) is 25.9 Å². The first kappa shape index (κ1) is 9.96. The topological polar surface area (TPSA) is 43.7 Å². The van der Waals surface area contributed by atoms with Gasteiger partial charge in [0.2, 0.25) is 0 Å². The minimum absolute atomic E-state index is 0.165. The molecule has 12 heavy (non-hydrogen) atoms. The van der Waals surface area contributed by atoms with Crippen LogP contribution in [0.15, 0.2) is 0 Å². The van der Waals surface area contributed by atoms with E-state index in [1.807, 2.05) is 6.92 Å². The minimum atomic E-state index is -0.165.